The van der Waals surface area contributed by atoms with Crippen LogP contribution in [-0.2, 0) is 11.3 Å². The summed E-state index contributed by atoms with van der Waals surface area (Å²) in [5.41, 5.74) is 4.09. The number of anilines is 3. The molecule has 0 bridgehead atoms. The maximum Gasteiger partial charge on any atom is 0.257 e. The third-order valence-electron chi connectivity index (χ3n) is 5.04. The molecule has 0 aliphatic carbocycles. The van der Waals surface area contributed by atoms with Crippen molar-refractivity contribution in [3.8, 4) is 0 Å². The summed E-state index contributed by atoms with van der Waals surface area (Å²) in [4.78, 5) is 28.5. The van der Waals surface area contributed by atoms with Gasteiger partial charge in [-0.15, -0.1) is 0 Å². The zero-order valence-corrected chi connectivity index (χ0v) is 17.6. The fourth-order valence-electron chi connectivity index (χ4n) is 3.36. The minimum Gasteiger partial charge on any atom is -0.344 e. The normalized spacial score (nSPS) is 10.4. The first-order valence-corrected chi connectivity index (χ1v) is 10.0. The molecule has 30 heavy (non-hydrogen) atoms. The molecule has 5 heteroatoms. The Morgan fingerprint density at radius 2 is 1.60 bits per heavy atom. The minimum atomic E-state index is -0.176. The number of rotatable bonds is 7. The summed E-state index contributed by atoms with van der Waals surface area (Å²) in [6.45, 7) is 4.68. The van der Waals surface area contributed by atoms with Crippen LogP contribution in [0.2, 0.25) is 0 Å². The van der Waals surface area contributed by atoms with Crippen LogP contribution in [0.4, 0.5) is 17.1 Å². The van der Waals surface area contributed by atoms with Gasteiger partial charge in [-0.25, -0.2) is 0 Å². The number of carbonyl (C=O) groups excluding carboxylic acids is 2. The van der Waals surface area contributed by atoms with Crippen LogP contribution >= 0.6 is 0 Å². The predicted octanol–water partition coefficient (Wildman–Crippen LogP) is 5.08. The lowest BCUT2D eigenvalue weighted by atomic mass is 10.1. The van der Waals surface area contributed by atoms with Crippen molar-refractivity contribution in [2.75, 3.05) is 23.8 Å². The Kier molecular flexibility index (Phi) is 6.86. The molecule has 3 aromatic carbocycles. The molecule has 0 saturated carbocycles. The van der Waals surface area contributed by atoms with Crippen molar-refractivity contribution in [1.82, 2.24) is 4.90 Å². The molecule has 0 unspecified atom stereocenters. The summed E-state index contributed by atoms with van der Waals surface area (Å²) in [6, 6.07) is 25.1. The Labute approximate surface area is 177 Å². The summed E-state index contributed by atoms with van der Waals surface area (Å²) in [7, 11) is 1.95. The quantitative estimate of drug-likeness (QED) is 0.601. The predicted molar refractivity (Wildman–Crippen MR) is 122 cm³/mol. The van der Waals surface area contributed by atoms with Crippen molar-refractivity contribution in [2.45, 2.75) is 20.4 Å². The molecule has 0 aliphatic rings. The standard InChI is InChI=1S/C25H27N3O2/c1-4-28(19(2)29)18-20-11-10-12-21(17-20)26-25(30)23-15-8-9-16-24(23)27(3)22-13-6-5-7-14-22/h5-17H,4,18H2,1-3H3,(H,26,30). The lowest BCUT2D eigenvalue weighted by molar-refractivity contribution is -0.129. The van der Waals surface area contributed by atoms with E-state index in [9.17, 15) is 9.59 Å². The van der Waals surface area contributed by atoms with Gasteiger partial charge >= 0.3 is 0 Å². The van der Waals surface area contributed by atoms with Crippen LogP contribution in [0.1, 0.15) is 29.8 Å². The van der Waals surface area contributed by atoms with E-state index in [2.05, 4.69) is 5.32 Å². The Balaban J connectivity index is 1.80. The molecule has 0 radical (unpaired) electrons. The largest absolute Gasteiger partial charge is 0.344 e. The van der Waals surface area contributed by atoms with E-state index < -0.39 is 0 Å². The van der Waals surface area contributed by atoms with Gasteiger partial charge in [0.05, 0.1) is 11.3 Å². The Hall–Kier alpha value is -3.60. The number of hydrogen-bond donors (Lipinski definition) is 1. The molecule has 0 aromatic heterocycles. The van der Waals surface area contributed by atoms with Crippen LogP contribution < -0.4 is 10.2 Å². The van der Waals surface area contributed by atoms with Crippen molar-refractivity contribution in [1.29, 1.82) is 0 Å². The molecule has 1 N–H and O–H groups in total. The van der Waals surface area contributed by atoms with E-state index in [-0.39, 0.29) is 11.8 Å². The fourth-order valence-corrected chi connectivity index (χ4v) is 3.36. The Morgan fingerprint density at radius 3 is 2.30 bits per heavy atom. The van der Waals surface area contributed by atoms with Gasteiger partial charge in [0.15, 0.2) is 0 Å². The fraction of sp³-hybridized carbons (Fsp3) is 0.200. The SMILES string of the molecule is CCN(Cc1cccc(NC(=O)c2ccccc2N(C)c2ccccc2)c1)C(C)=O. The monoisotopic (exact) mass is 401 g/mol. The van der Waals surface area contributed by atoms with Crippen molar-refractivity contribution >= 4 is 28.9 Å². The molecule has 154 valence electrons. The highest BCUT2D eigenvalue weighted by molar-refractivity contribution is 6.08. The van der Waals surface area contributed by atoms with Gasteiger partial charge in [-0.05, 0) is 48.9 Å². The average molecular weight is 402 g/mol. The van der Waals surface area contributed by atoms with Gasteiger partial charge in [-0.2, -0.15) is 0 Å². The third kappa shape index (κ3) is 5.06. The van der Waals surface area contributed by atoms with Gasteiger partial charge in [0.25, 0.3) is 5.91 Å². The summed E-state index contributed by atoms with van der Waals surface area (Å²) >= 11 is 0. The highest BCUT2D eigenvalue weighted by atomic mass is 16.2. The molecule has 5 nitrogen and oxygen atoms in total. The number of carbonyl (C=O) groups is 2. The molecule has 0 saturated heterocycles. The summed E-state index contributed by atoms with van der Waals surface area (Å²) in [5.74, 6) is -0.144. The van der Waals surface area contributed by atoms with Gasteiger partial charge in [-0.3, -0.25) is 9.59 Å². The van der Waals surface area contributed by atoms with Gasteiger partial charge in [0.2, 0.25) is 5.91 Å². The molecular weight excluding hydrogens is 374 g/mol. The van der Waals surface area contributed by atoms with Crippen molar-refractivity contribution in [3.63, 3.8) is 0 Å². The second-order valence-corrected chi connectivity index (χ2v) is 7.10. The Bertz CT molecular complexity index is 1020. The number of amides is 2. The molecule has 0 fully saturated rings. The lowest BCUT2D eigenvalue weighted by Gasteiger charge is -2.22. The van der Waals surface area contributed by atoms with Crippen LogP contribution in [0.15, 0.2) is 78.9 Å². The average Bonchev–Trinajstić information content (AvgIpc) is 2.77. The zero-order valence-electron chi connectivity index (χ0n) is 17.6. The number of benzene rings is 3. The lowest BCUT2D eigenvalue weighted by Crippen LogP contribution is -2.27. The van der Waals surface area contributed by atoms with Gasteiger partial charge in [0, 0.05) is 38.4 Å². The van der Waals surface area contributed by atoms with E-state index in [0.29, 0.717) is 24.3 Å². The van der Waals surface area contributed by atoms with Crippen molar-refractivity contribution in [3.05, 3.63) is 90.0 Å². The van der Waals surface area contributed by atoms with E-state index >= 15 is 0 Å². The molecular formula is C25H27N3O2. The Morgan fingerprint density at radius 1 is 0.900 bits per heavy atom. The topological polar surface area (TPSA) is 52.7 Å². The minimum absolute atomic E-state index is 0.0322. The van der Waals surface area contributed by atoms with E-state index in [1.54, 1.807) is 11.8 Å². The molecule has 3 rings (SSSR count). The summed E-state index contributed by atoms with van der Waals surface area (Å²) in [5, 5.41) is 3.00. The number of hydrogen-bond acceptors (Lipinski definition) is 3. The first kappa shape index (κ1) is 21.1. The van der Waals surface area contributed by atoms with Gasteiger partial charge < -0.3 is 15.1 Å². The van der Waals surface area contributed by atoms with E-state index in [0.717, 1.165) is 16.9 Å². The van der Waals surface area contributed by atoms with Crippen LogP contribution in [0.3, 0.4) is 0 Å². The number of para-hydroxylation sites is 2. The summed E-state index contributed by atoms with van der Waals surface area (Å²) < 4.78 is 0. The molecule has 3 aromatic rings. The van der Waals surface area contributed by atoms with Gasteiger partial charge in [0.1, 0.15) is 0 Å². The maximum atomic E-state index is 13.1. The first-order chi connectivity index (χ1) is 14.5. The molecule has 2 amide bonds. The second kappa shape index (κ2) is 9.74. The van der Waals surface area contributed by atoms with E-state index in [4.69, 9.17) is 0 Å². The summed E-state index contributed by atoms with van der Waals surface area (Å²) in [6.07, 6.45) is 0. The van der Waals surface area contributed by atoms with Crippen LogP contribution in [0.25, 0.3) is 0 Å². The number of nitrogens with one attached hydrogen (secondary N) is 1. The smallest absolute Gasteiger partial charge is 0.257 e. The van der Waals surface area contributed by atoms with E-state index in [1.165, 1.54) is 0 Å². The molecule has 0 heterocycles. The third-order valence-corrected chi connectivity index (χ3v) is 5.04. The van der Waals surface area contributed by atoms with E-state index in [1.807, 2.05) is 97.7 Å². The number of nitrogens with zero attached hydrogens (tertiary/aromatic N) is 2. The maximum absolute atomic E-state index is 13.1. The van der Waals surface area contributed by atoms with Crippen molar-refractivity contribution < 1.29 is 9.59 Å². The zero-order chi connectivity index (χ0) is 21.5. The van der Waals surface area contributed by atoms with Gasteiger partial charge in [-0.1, -0.05) is 42.5 Å². The molecule has 0 aliphatic heterocycles. The second-order valence-electron chi connectivity index (χ2n) is 7.10. The van der Waals surface area contributed by atoms with Crippen molar-refractivity contribution in [2.24, 2.45) is 0 Å². The van der Waals surface area contributed by atoms with Crippen LogP contribution in [0, 0.1) is 0 Å². The van der Waals surface area contributed by atoms with Crippen LogP contribution in [0.5, 0.6) is 0 Å². The highest BCUT2D eigenvalue weighted by Gasteiger charge is 2.15. The highest BCUT2D eigenvalue weighted by Crippen LogP contribution is 2.27. The van der Waals surface area contributed by atoms with Crippen LogP contribution in [-0.4, -0.2) is 30.3 Å². The molecule has 0 spiro atoms. The first-order valence-electron chi connectivity index (χ1n) is 10.0. The molecule has 0 atom stereocenters.